The summed E-state index contributed by atoms with van der Waals surface area (Å²) in [6.45, 7) is 1.74. The number of aliphatic hydroxyl groups is 1. The summed E-state index contributed by atoms with van der Waals surface area (Å²) in [6, 6.07) is 17.2. The van der Waals surface area contributed by atoms with Crippen molar-refractivity contribution in [3.8, 4) is 0 Å². The molecule has 2 unspecified atom stereocenters. The first-order valence-corrected chi connectivity index (χ1v) is 10.7. The second kappa shape index (κ2) is 11.9. The van der Waals surface area contributed by atoms with Gasteiger partial charge in [-0.1, -0.05) is 36.4 Å². The van der Waals surface area contributed by atoms with Gasteiger partial charge in [-0.25, -0.2) is 0 Å². The highest BCUT2D eigenvalue weighted by Crippen LogP contribution is 2.14. The lowest BCUT2D eigenvalue weighted by Gasteiger charge is -2.33. The maximum atomic E-state index is 12.2. The number of amides is 2. The first-order valence-electron chi connectivity index (χ1n) is 10.7. The first kappa shape index (κ1) is 23.3. The third-order valence-electron chi connectivity index (χ3n) is 5.11. The predicted octanol–water partition coefficient (Wildman–Crippen LogP) is 0.969. The summed E-state index contributed by atoms with van der Waals surface area (Å²) in [5.74, 6) is -0.499. The minimum Gasteiger partial charge on any atom is -0.385 e. The Morgan fingerprint density at radius 1 is 0.812 bits per heavy atom. The van der Waals surface area contributed by atoms with Gasteiger partial charge in [0.05, 0.1) is 0 Å². The Hall–Kier alpha value is -3.36. The molecule has 0 radical (unpaired) electrons. The maximum absolute atomic E-state index is 12.2. The molecule has 1 aliphatic rings. The number of aliphatic hydroxyl groups excluding tert-OH is 1. The zero-order chi connectivity index (χ0) is 22.8. The van der Waals surface area contributed by atoms with Gasteiger partial charge < -0.3 is 21.1 Å². The largest absolute Gasteiger partial charge is 0.385 e. The third kappa shape index (κ3) is 6.32. The number of nitrogens with one attached hydrogen (secondary N) is 3. The number of carbonyl (C=O) groups is 3. The standard InChI is InChI=1S/C24H28N4O4/c29-21-19(25-13-7-15-27-23(31)17-9-3-1-4-10-17)22(30)20(21)26-14-8-16-28-24(32)18-11-5-2-6-12-18/h1-6,9-12,19,21,25,29H,7-8,13-16H2,(H,27,31)(H,28,32). The summed E-state index contributed by atoms with van der Waals surface area (Å²) < 4.78 is 0. The van der Waals surface area contributed by atoms with E-state index in [0.29, 0.717) is 50.1 Å². The number of carbonyl (C=O) groups excluding carboxylic acids is 3. The van der Waals surface area contributed by atoms with Crippen LogP contribution in [0, 0.1) is 0 Å². The number of nitrogens with zero attached hydrogens (tertiary/aromatic N) is 1. The zero-order valence-electron chi connectivity index (χ0n) is 17.8. The Balaban J connectivity index is 1.28. The Kier molecular flexibility index (Phi) is 8.65. The van der Waals surface area contributed by atoms with Crippen LogP contribution in [0.25, 0.3) is 0 Å². The van der Waals surface area contributed by atoms with Crippen molar-refractivity contribution in [1.29, 1.82) is 0 Å². The van der Waals surface area contributed by atoms with Crippen LogP contribution in [0.15, 0.2) is 65.7 Å². The first-order chi connectivity index (χ1) is 15.6. The van der Waals surface area contributed by atoms with Crippen molar-refractivity contribution in [1.82, 2.24) is 16.0 Å². The molecule has 0 bridgehead atoms. The molecule has 8 nitrogen and oxygen atoms in total. The molecule has 1 saturated carbocycles. The maximum Gasteiger partial charge on any atom is 0.251 e. The number of Topliss-reactive ketones (excluding diaryl/α,β-unsaturated/α-hetero) is 1. The lowest BCUT2D eigenvalue weighted by Crippen LogP contribution is -2.64. The summed E-state index contributed by atoms with van der Waals surface area (Å²) in [4.78, 5) is 40.3. The summed E-state index contributed by atoms with van der Waals surface area (Å²) in [7, 11) is 0. The molecule has 0 heterocycles. The molecule has 1 fully saturated rings. The lowest BCUT2D eigenvalue weighted by atomic mass is 9.84. The van der Waals surface area contributed by atoms with Crippen LogP contribution in [0.5, 0.6) is 0 Å². The second-order valence-corrected chi connectivity index (χ2v) is 7.46. The van der Waals surface area contributed by atoms with E-state index in [1.54, 1.807) is 48.5 Å². The topological polar surface area (TPSA) is 120 Å². The van der Waals surface area contributed by atoms with Crippen LogP contribution in [-0.2, 0) is 4.79 Å². The molecule has 32 heavy (non-hydrogen) atoms. The fourth-order valence-electron chi connectivity index (χ4n) is 3.30. The molecule has 2 amide bonds. The number of ketones is 1. The molecule has 1 aliphatic carbocycles. The van der Waals surface area contributed by atoms with Crippen LogP contribution in [-0.4, -0.2) is 66.7 Å². The normalized spacial score (nSPS) is 18.8. The van der Waals surface area contributed by atoms with Gasteiger partial charge in [-0.15, -0.1) is 0 Å². The SMILES string of the molecule is O=C(NCCCN=C1C(=O)C(NCCCNC(=O)c2ccccc2)C1O)c1ccccc1. The van der Waals surface area contributed by atoms with Crippen molar-refractivity contribution < 1.29 is 19.5 Å². The monoisotopic (exact) mass is 436 g/mol. The van der Waals surface area contributed by atoms with E-state index < -0.39 is 12.1 Å². The number of hydrogen-bond acceptors (Lipinski definition) is 6. The quantitative estimate of drug-likeness (QED) is 0.391. The molecule has 8 heteroatoms. The van der Waals surface area contributed by atoms with Gasteiger partial charge in [0.1, 0.15) is 17.9 Å². The minimum atomic E-state index is -0.930. The molecule has 0 aromatic heterocycles. The van der Waals surface area contributed by atoms with Gasteiger partial charge in [0, 0.05) is 30.8 Å². The van der Waals surface area contributed by atoms with Gasteiger partial charge in [0.15, 0.2) is 5.78 Å². The summed E-state index contributed by atoms with van der Waals surface area (Å²) >= 11 is 0. The van der Waals surface area contributed by atoms with Crippen molar-refractivity contribution in [2.24, 2.45) is 4.99 Å². The van der Waals surface area contributed by atoms with Crippen LogP contribution in [0.4, 0.5) is 0 Å². The second-order valence-electron chi connectivity index (χ2n) is 7.46. The fourth-order valence-corrected chi connectivity index (χ4v) is 3.30. The van der Waals surface area contributed by atoms with Gasteiger partial charge in [0.2, 0.25) is 0 Å². The molecule has 0 saturated heterocycles. The van der Waals surface area contributed by atoms with Crippen LogP contribution in [0.2, 0.25) is 0 Å². The number of rotatable bonds is 11. The highest BCUT2D eigenvalue weighted by Gasteiger charge is 2.45. The molecule has 168 valence electrons. The third-order valence-corrected chi connectivity index (χ3v) is 5.11. The Bertz CT molecular complexity index is 947. The van der Waals surface area contributed by atoms with Gasteiger partial charge in [-0.3, -0.25) is 19.4 Å². The van der Waals surface area contributed by atoms with E-state index >= 15 is 0 Å². The highest BCUT2D eigenvalue weighted by molar-refractivity contribution is 6.50. The average molecular weight is 437 g/mol. The molecule has 2 aromatic rings. The molecular weight excluding hydrogens is 408 g/mol. The number of benzene rings is 2. The molecule has 0 aliphatic heterocycles. The Morgan fingerprint density at radius 2 is 1.34 bits per heavy atom. The predicted molar refractivity (Wildman–Crippen MR) is 122 cm³/mol. The van der Waals surface area contributed by atoms with E-state index in [0.717, 1.165) is 0 Å². The van der Waals surface area contributed by atoms with E-state index in [4.69, 9.17) is 0 Å². The van der Waals surface area contributed by atoms with E-state index in [1.807, 2.05) is 12.1 Å². The molecule has 2 atom stereocenters. The van der Waals surface area contributed by atoms with Crippen LogP contribution < -0.4 is 16.0 Å². The smallest absolute Gasteiger partial charge is 0.251 e. The number of aliphatic imine (C=N–C) groups is 1. The number of hydrogen-bond donors (Lipinski definition) is 4. The van der Waals surface area contributed by atoms with Crippen molar-refractivity contribution in [2.75, 3.05) is 26.2 Å². The average Bonchev–Trinajstić information content (AvgIpc) is 2.84. The van der Waals surface area contributed by atoms with Crippen LogP contribution in [0.1, 0.15) is 33.6 Å². The molecule has 2 aromatic carbocycles. The molecule has 3 rings (SSSR count). The van der Waals surface area contributed by atoms with Gasteiger partial charge in [-0.2, -0.15) is 0 Å². The van der Waals surface area contributed by atoms with Gasteiger partial charge in [0.25, 0.3) is 11.8 Å². The highest BCUT2D eigenvalue weighted by atomic mass is 16.3. The molecular formula is C24H28N4O4. The van der Waals surface area contributed by atoms with Crippen molar-refractivity contribution in [3.05, 3.63) is 71.8 Å². The zero-order valence-corrected chi connectivity index (χ0v) is 17.8. The van der Waals surface area contributed by atoms with Gasteiger partial charge >= 0.3 is 0 Å². The van der Waals surface area contributed by atoms with Gasteiger partial charge in [-0.05, 0) is 43.7 Å². The van der Waals surface area contributed by atoms with Crippen molar-refractivity contribution >= 4 is 23.3 Å². The Labute approximate surface area is 187 Å². The fraction of sp³-hybridized carbons (Fsp3) is 0.333. The summed E-state index contributed by atoms with van der Waals surface area (Å²) in [5, 5.41) is 18.8. The van der Waals surface area contributed by atoms with Crippen LogP contribution in [0.3, 0.4) is 0 Å². The molecule has 0 spiro atoms. The van der Waals surface area contributed by atoms with E-state index in [2.05, 4.69) is 20.9 Å². The van der Waals surface area contributed by atoms with Crippen molar-refractivity contribution in [2.45, 2.75) is 25.0 Å². The summed E-state index contributed by atoms with van der Waals surface area (Å²) in [6.07, 6.45) is 0.268. The Morgan fingerprint density at radius 3 is 1.88 bits per heavy atom. The van der Waals surface area contributed by atoms with Crippen molar-refractivity contribution in [3.63, 3.8) is 0 Å². The lowest BCUT2D eigenvalue weighted by molar-refractivity contribution is -0.120. The molecule has 4 N–H and O–H groups in total. The van der Waals surface area contributed by atoms with E-state index in [-0.39, 0.29) is 23.3 Å². The summed E-state index contributed by atoms with van der Waals surface area (Å²) in [5.41, 5.74) is 1.37. The van der Waals surface area contributed by atoms with E-state index in [1.165, 1.54) is 0 Å². The minimum absolute atomic E-state index is 0.139. The van der Waals surface area contributed by atoms with Crippen LogP contribution >= 0.6 is 0 Å². The van der Waals surface area contributed by atoms with E-state index in [9.17, 15) is 19.5 Å².